The lowest BCUT2D eigenvalue weighted by Crippen LogP contribution is -2.24. The third-order valence-corrected chi connectivity index (χ3v) is 4.46. The van der Waals surface area contributed by atoms with Gasteiger partial charge in [0.1, 0.15) is 6.10 Å². The molecule has 1 aromatic heterocycles. The van der Waals surface area contributed by atoms with Gasteiger partial charge in [0.2, 0.25) is 5.69 Å². The number of aromatic amines is 1. The molecule has 1 heterocycles. The van der Waals surface area contributed by atoms with Crippen molar-refractivity contribution in [3.05, 3.63) is 41.1 Å². The Kier molecular flexibility index (Phi) is 5.29. The zero-order valence-electron chi connectivity index (χ0n) is 14.1. The van der Waals surface area contributed by atoms with Gasteiger partial charge in [-0.15, -0.1) is 0 Å². The van der Waals surface area contributed by atoms with Crippen LogP contribution in [0, 0.1) is 11.3 Å². The standard InChI is InChI=1S/C18H20N4O3/c1-2-24-18(23)16-17(21-22-20-16)25-15-9-7-14(8-10-15)13-5-3-12(11-19)4-6-13/h3-6,14-15H,2,7-10H2,1H3,(H,20,21,22)/t14-,15+. The molecule has 0 atom stereocenters. The molecule has 0 aliphatic heterocycles. The van der Waals surface area contributed by atoms with Crippen LogP contribution in [0.25, 0.3) is 0 Å². The molecule has 25 heavy (non-hydrogen) atoms. The fraction of sp³-hybridized carbons (Fsp3) is 0.444. The lowest BCUT2D eigenvalue weighted by Gasteiger charge is -2.28. The number of nitriles is 1. The Balaban J connectivity index is 1.57. The first-order valence-electron chi connectivity index (χ1n) is 8.46. The summed E-state index contributed by atoms with van der Waals surface area (Å²) in [6.07, 6.45) is 3.74. The molecule has 1 saturated carbocycles. The lowest BCUT2D eigenvalue weighted by molar-refractivity contribution is 0.0508. The summed E-state index contributed by atoms with van der Waals surface area (Å²) in [5, 5.41) is 18.9. The van der Waals surface area contributed by atoms with Gasteiger partial charge in [-0.1, -0.05) is 22.4 Å². The van der Waals surface area contributed by atoms with Crippen molar-refractivity contribution in [2.24, 2.45) is 0 Å². The number of benzene rings is 1. The minimum atomic E-state index is -0.506. The van der Waals surface area contributed by atoms with Crippen LogP contribution >= 0.6 is 0 Å². The number of aromatic nitrogens is 3. The van der Waals surface area contributed by atoms with E-state index in [2.05, 4.69) is 21.5 Å². The smallest absolute Gasteiger partial charge is 0.362 e. The van der Waals surface area contributed by atoms with Crippen LogP contribution in [0.15, 0.2) is 24.3 Å². The SMILES string of the molecule is CCOC(=O)c1[nH]nnc1O[C@H]1CC[C@@H](c2ccc(C#N)cc2)CC1. The second kappa shape index (κ2) is 7.79. The van der Waals surface area contributed by atoms with Crippen molar-refractivity contribution in [3.63, 3.8) is 0 Å². The Labute approximate surface area is 145 Å². The summed E-state index contributed by atoms with van der Waals surface area (Å²) in [5.41, 5.74) is 2.10. The minimum absolute atomic E-state index is 0.00732. The second-order valence-electron chi connectivity index (χ2n) is 6.04. The molecule has 1 aliphatic carbocycles. The highest BCUT2D eigenvalue weighted by Crippen LogP contribution is 2.34. The minimum Gasteiger partial charge on any atom is -0.472 e. The van der Waals surface area contributed by atoms with E-state index in [1.54, 1.807) is 6.92 Å². The number of ether oxygens (including phenoxy) is 2. The third kappa shape index (κ3) is 3.97. The Hall–Kier alpha value is -2.88. The quantitative estimate of drug-likeness (QED) is 0.840. The van der Waals surface area contributed by atoms with Gasteiger partial charge in [0.15, 0.2) is 0 Å². The van der Waals surface area contributed by atoms with Crippen molar-refractivity contribution in [3.8, 4) is 11.9 Å². The number of nitrogens with one attached hydrogen (secondary N) is 1. The maximum atomic E-state index is 11.8. The number of rotatable bonds is 5. The van der Waals surface area contributed by atoms with E-state index in [-0.39, 0.29) is 24.3 Å². The van der Waals surface area contributed by atoms with E-state index < -0.39 is 5.97 Å². The molecule has 0 radical (unpaired) electrons. The first kappa shape index (κ1) is 17.0. The molecule has 7 nitrogen and oxygen atoms in total. The summed E-state index contributed by atoms with van der Waals surface area (Å²) >= 11 is 0. The number of hydrogen-bond donors (Lipinski definition) is 1. The maximum absolute atomic E-state index is 11.8. The fourth-order valence-corrected chi connectivity index (χ4v) is 3.14. The van der Waals surface area contributed by atoms with Gasteiger partial charge in [0.25, 0.3) is 5.88 Å². The first-order chi connectivity index (χ1) is 12.2. The van der Waals surface area contributed by atoms with Gasteiger partial charge in [0, 0.05) is 0 Å². The molecule has 1 fully saturated rings. The van der Waals surface area contributed by atoms with Crippen LogP contribution in [0.3, 0.4) is 0 Å². The number of carbonyl (C=O) groups is 1. The predicted molar refractivity (Wildman–Crippen MR) is 89.1 cm³/mol. The van der Waals surface area contributed by atoms with E-state index in [0.29, 0.717) is 11.5 Å². The highest BCUT2D eigenvalue weighted by molar-refractivity contribution is 5.89. The molecular formula is C18H20N4O3. The van der Waals surface area contributed by atoms with Crippen molar-refractivity contribution in [1.82, 2.24) is 15.4 Å². The van der Waals surface area contributed by atoms with Crippen LogP contribution in [-0.4, -0.2) is 34.1 Å². The van der Waals surface area contributed by atoms with Crippen LogP contribution in [0.4, 0.5) is 0 Å². The van der Waals surface area contributed by atoms with E-state index in [0.717, 1.165) is 25.7 Å². The van der Waals surface area contributed by atoms with Crippen LogP contribution in [0.5, 0.6) is 5.88 Å². The molecule has 1 N–H and O–H groups in total. The second-order valence-corrected chi connectivity index (χ2v) is 6.04. The van der Waals surface area contributed by atoms with Crippen LogP contribution in [0.1, 0.15) is 60.1 Å². The molecule has 0 bridgehead atoms. The molecule has 0 saturated heterocycles. The van der Waals surface area contributed by atoms with E-state index >= 15 is 0 Å². The number of hydrogen-bond acceptors (Lipinski definition) is 6. The molecule has 1 aromatic carbocycles. The molecule has 130 valence electrons. The first-order valence-corrected chi connectivity index (χ1v) is 8.46. The van der Waals surface area contributed by atoms with Gasteiger partial charge < -0.3 is 9.47 Å². The van der Waals surface area contributed by atoms with Crippen LogP contribution in [0.2, 0.25) is 0 Å². The van der Waals surface area contributed by atoms with Crippen LogP contribution < -0.4 is 4.74 Å². The van der Waals surface area contributed by atoms with E-state index in [1.165, 1.54) is 5.56 Å². The van der Waals surface area contributed by atoms with Gasteiger partial charge in [-0.2, -0.15) is 5.26 Å². The zero-order valence-corrected chi connectivity index (χ0v) is 14.1. The highest BCUT2D eigenvalue weighted by Gasteiger charge is 2.26. The highest BCUT2D eigenvalue weighted by atomic mass is 16.5. The van der Waals surface area contributed by atoms with Gasteiger partial charge >= 0.3 is 5.97 Å². The van der Waals surface area contributed by atoms with Crippen molar-refractivity contribution < 1.29 is 14.3 Å². The Morgan fingerprint density at radius 3 is 2.64 bits per heavy atom. The topological polar surface area (TPSA) is 101 Å². The summed E-state index contributed by atoms with van der Waals surface area (Å²) in [7, 11) is 0. The summed E-state index contributed by atoms with van der Waals surface area (Å²) in [6.45, 7) is 2.03. The van der Waals surface area contributed by atoms with Gasteiger partial charge in [-0.25, -0.2) is 9.89 Å². The molecule has 0 amide bonds. The van der Waals surface area contributed by atoms with Crippen molar-refractivity contribution in [1.29, 1.82) is 5.26 Å². The van der Waals surface area contributed by atoms with E-state index in [9.17, 15) is 4.79 Å². The van der Waals surface area contributed by atoms with Crippen LogP contribution in [-0.2, 0) is 4.74 Å². The summed E-state index contributed by atoms with van der Waals surface area (Å²) in [5.74, 6) is 0.170. The third-order valence-electron chi connectivity index (χ3n) is 4.46. The Morgan fingerprint density at radius 1 is 1.28 bits per heavy atom. The Bertz CT molecular complexity index is 755. The number of carbonyl (C=O) groups excluding carboxylic acids is 1. The van der Waals surface area contributed by atoms with Gasteiger partial charge in [0.05, 0.1) is 18.2 Å². The molecule has 0 spiro atoms. The number of esters is 1. The van der Waals surface area contributed by atoms with E-state index in [1.807, 2.05) is 24.3 Å². The van der Waals surface area contributed by atoms with Gasteiger partial charge in [-0.05, 0) is 56.2 Å². The molecule has 3 rings (SSSR count). The van der Waals surface area contributed by atoms with E-state index in [4.69, 9.17) is 14.7 Å². The average Bonchev–Trinajstić information content (AvgIpc) is 3.11. The monoisotopic (exact) mass is 340 g/mol. The zero-order chi connectivity index (χ0) is 17.6. The maximum Gasteiger partial charge on any atom is 0.362 e. The fourth-order valence-electron chi connectivity index (χ4n) is 3.14. The normalized spacial score (nSPS) is 19.8. The number of H-pyrrole nitrogens is 1. The lowest BCUT2D eigenvalue weighted by atomic mass is 9.82. The Morgan fingerprint density at radius 2 is 2.00 bits per heavy atom. The molecular weight excluding hydrogens is 320 g/mol. The summed E-state index contributed by atoms with van der Waals surface area (Å²) in [6, 6.07) is 9.92. The van der Waals surface area contributed by atoms with Crippen molar-refractivity contribution >= 4 is 5.97 Å². The molecule has 2 aromatic rings. The molecule has 1 aliphatic rings. The summed E-state index contributed by atoms with van der Waals surface area (Å²) in [4.78, 5) is 11.8. The van der Waals surface area contributed by atoms with Gasteiger partial charge in [-0.3, -0.25) is 0 Å². The largest absolute Gasteiger partial charge is 0.472 e. The van der Waals surface area contributed by atoms with Crippen molar-refractivity contribution in [2.45, 2.75) is 44.6 Å². The molecule has 0 unspecified atom stereocenters. The average molecular weight is 340 g/mol. The van der Waals surface area contributed by atoms with Crippen molar-refractivity contribution in [2.75, 3.05) is 6.61 Å². The predicted octanol–water partition coefficient (Wildman–Crippen LogP) is 2.96. The summed E-state index contributed by atoms with van der Waals surface area (Å²) < 4.78 is 10.8. The number of nitrogens with zero attached hydrogens (tertiary/aromatic N) is 3. The molecule has 7 heteroatoms.